The SMILES string of the molecule is Cc1ccc(NC(=O)CN2C(=O)C(O)(c3cccc(F)c3)c3ccccc32)cc1F. The number of carbonyl (C=O) groups is 2. The van der Waals surface area contributed by atoms with Crippen molar-refractivity contribution in [1.29, 1.82) is 0 Å². The average Bonchev–Trinajstić information content (AvgIpc) is 2.94. The molecule has 1 aliphatic rings. The van der Waals surface area contributed by atoms with Crippen molar-refractivity contribution in [3.8, 4) is 0 Å². The third-order valence-electron chi connectivity index (χ3n) is 5.14. The Kier molecular flexibility index (Phi) is 4.83. The van der Waals surface area contributed by atoms with E-state index in [-0.39, 0.29) is 16.8 Å². The summed E-state index contributed by atoms with van der Waals surface area (Å²) in [4.78, 5) is 26.9. The summed E-state index contributed by atoms with van der Waals surface area (Å²) < 4.78 is 27.5. The van der Waals surface area contributed by atoms with E-state index < -0.39 is 35.6 Å². The monoisotopic (exact) mass is 408 g/mol. The molecule has 0 bridgehead atoms. The van der Waals surface area contributed by atoms with Gasteiger partial charge in [0.2, 0.25) is 5.91 Å². The predicted octanol–water partition coefficient (Wildman–Crippen LogP) is 3.49. The molecule has 1 atom stereocenters. The highest BCUT2D eigenvalue weighted by Crippen LogP contribution is 2.44. The molecule has 0 aliphatic carbocycles. The van der Waals surface area contributed by atoms with Crippen LogP contribution in [0.2, 0.25) is 0 Å². The Bertz CT molecular complexity index is 1160. The van der Waals surface area contributed by atoms with Crippen LogP contribution in [0.4, 0.5) is 20.2 Å². The van der Waals surface area contributed by atoms with Gasteiger partial charge in [0.25, 0.3) is 5.91 Å². The summed E-state index contributed by atoms with van der Waals surface area (Å²) in [6, 6.07) is 15.9. The maximum atomic E-state index is 13.8. The van der Waals surface area contributed by atoms with Gasteiger partial charge in [0.15, 0.2) is 5.60 Å². The van der Waals surface area contributed by atoms with Gasteiger partial charge in [0, 0.05) is 16.8 Å². The normalized spacial score (nSPS) is 17.7. The van der Waals surface area contributed by atoms with Crippen molar-refractivity contribution in [3.63, 3.8) is 0 Å². The van der Waals surface area contributed by atoms with Crippen LogP contribution in [0.25, 0.3) is 0 Å². The second-order valence-corrected chi connectivity index (χ2v) is 7.14. The smallest absolute Gasteiger partial charge is 0.268 e. The van der Waals surface area contributed by atoms with E-state index >= 15 is 0 Å². The van der Waals surface area contributed by atoms with Crippen LogP contribution in [-0.4, -0.2) is 23.5 Å². The van der Waals surface area contributed by atoms with E-state index in [1.54, 1.807) is 37.3 Å². The summed E-state index contributed by atoms with van der Waals surface area (Å²) in [5, 5.41) is 13.9. The summed E-state index contributed by atoms with van der Waals surface area (Å²) >= 11 is 0. The molecule has 2 N–H and O–H groups in total. The number of halogens is 2. The zero-order chi connectivity index (χ0) is 21.5. The van der Waals surface area contributed by atoms with Crippen molar-refractivity contribution in [2.24, 2.45) is 0 Å². The van der Waals surface area contributed by atoms with E-state index in [2.05, 4.69) is 5.32 Å². The predicted molar refractivity (Wildman–Crippen MR) is 108 cm³/mol. The molecule has 0 spiro atoms. The Hall–Kier alpha value is -3.58. The van der Waals surface area contributed by atoms with Gasteiger partial charge >= 0.3 is 0 Å². The molecule has 152 valence electrons. The van der Waals surface area contributed by atoms with Crippen molar-refractivity contribution < 1.29 is 23.5 Å². The first-order valence-corrected chi connectivity index (χ1v) is 9.26. The van der Waals surface area contributed by atoms with Crippen molar-refractivity contribution in [3.05, 3.63) is 95.1 Å². The fourth-order valence-electron chi connectivity index (χ4n) is 3.60. The highest BCUT2D eigenvalue weighted by molar-refractivity contribution is 6.12. The second-order valence-electron chi connectivity index (χ2n) is 7.14. The Morgan fingerprint density at radius 1 is 1.07 bits per heavy atom. The molecular weight excluding hydrogens is 390 g/mol. The molecule has 1 unspecified atom stereocenters. The quantitative estimate of drug-likeness (QED) is 0.694. The fraction of sp³-hybridized carbons (Fsp3) is 0.130. The van der Waals surface area contributed by atoms with E-state index in [1.807, 2.05) is 0 Å². The van der Waals surface area contributed by atoms with Gasteiger partial charge in [-0.1, -0.05) is 36.4 Å². The van der Waals surface area contributed by atoms with Crippen LogP contribution in [0.1, 0.15) is 16.7 Å². The number of amides is 2. The number of fused-ring (bicyclic) bond motifs is 1. The molecule has 0 saturated carbocycles. The lowest BCUT2D eigenvalue weighted by Gasteiger charge is -2.23. The van der Waals surface area contributed by atoms with Crippen molar-refractivity contribution in [2.75, 3.05) is 16.8 Å². The van der Waals surface area contributed by atoms with Gasteiger partial charge in [-0.3, -0.25) is 14.5 Å². The minimum absolute atomic E-state index is 0.0727. The molecular formula is C23H18F2N2O3. The Balaban J connectivity index is 1.65. The zero-order valence-electron chi connectivity index (χ0n) is 16.0. The van der Waals surface area contributed by atoms with Gasteiger partial charge < -0.3 is 10.4 Å². The molecule has 0 fully saturated rings. The molecule has 3 aromatic rings. The molecule has 30 heavy (non-hydrogen) atoms. The van der Waals surface area contributed by atoms with E-state index in [9.17, 15) is 23.5 Å². The molecule has 0 aromatic heterocycles. The lowest BCUT2D eigenvalue weighted by molar-refractivity contribution is -0.133. The summed E-state index contributed by atoms with van der Waals surface area (Å²) in [6.45, 7) is 1.21. The Labute approximate surface area is 171 Å². The standard InChI is InChI=1S/C23H18F2N2O3/c1-14-9-10-17(12-19(14)25)26-21(28)13-27-20-8-3-2-7-18(20)23(30,22(27)29)15-5-4-6-16(24)11-15/h2-12,30H,13H2,1H3,(H,26,28). The number of aliphatic hydroxyl groups is 1. The van der Waals surface area contributed by atoms with Gasteiger partial charge in [-0.2, -0.15) is 0 Å². The van der Waals surface area contributed by atoms with Crippen LogP contribution in [0.3, 0.4) is 0 Å². The molecule has 2 amide bonds. The number of rotatable bonds is 4. The molecule has 1 aliphatic heterocycles. The van der Waals surface area contributed by atoms with Crippen LogP contribution in [0.15, 0.2) is 66.7 Å². The second kappa shape index (κ2) is 7.35. The van der Waals surface area contributed by atoms with Gasteiger partial charge in [-0.05, 0) is 42.8 Å². The van der Waals surface area contributed by atoms with Crippen LogP contribution < -0.4 is 10.2 Å². The maximum Gasteiger partial charge on any atom is 0.268 e. The molecule has 1 heterocycles. The number of nitrogens with one attached hydrogen (secondary N) is 1. The van der Waals surface area contributed by atoms with Crippen LogP contribution >= 0.6 is 0 Å². The van der Waals surface area contributed by atoms with E-state index in [4.69, 9.17) is 0 Å². The van der Waals surface area contributed by atoms with Crippen LogP contribution in [0, 0.1) is 18.6 Å². The number of para-hydroxylation sites is 1. The topological polar surface area (TPSA) is 69.6 Å². The molecule has 0 saturated heterocycles. The summed E-state index contributed by atoms with van der Waals surface area (Å²) in [5.74, 6) is -2.39. The first kappa shape index (κ1) is 19.7. The summed E-state index contributed by atoms with van der Waals surface area (Å²) in [6.07, 6.45) is 0. The number of carbonyl (C=O) groups excluding carboxylic acids is 2. The number of anilines is 2. The average molecular weight is 408 g/mol. The minimum atomic E-state index is -2.12. The number of benzene rings is 3. The van der Waals surface area contributed by atoms with Gasteiger partial charge in [0.05, 0.1) is 5.69 Å². The Morgan fingerprint density at radius 3 is 2.57 bits per heavy atom. The van der Waals surface area contributed by atoms with E-state index in [1.165, 1.54) is 30.3 Å². The largest absolute Gasteiger partial charge is 0.372 e. The number of nitrogens with zero attached hydrogens (tertiary/aromatic N) is 1. The third kappa shape index (κ3) is 3.23. The number of aryl methyl sites for hydroxylation is 1. The summed E-state index contributed by atoms with van der Waals surface area (Å²) in [5.41, 5.74) is -0.743. The van der Waals surface area contributed by atoms with Crippen LogP contribution in [0.5, 0.6) is 0 Å². The lowest BCUT2D eigenvalue weighted by Crippen LogP contribution is -2.44. The molecule has 5 nitrogen and oxygen atoms in total. The first-order chi connectivity index (χ1) is 14.3. The molecule has 3 aromatic carbocycles. The van der Waals surface area contributed by atoms with Crippen molar-refractivity contribution in [2.45, 2.75) is 12.5 Å². The van der Waals surface area contributed by atoms with Gasteiger partial charge in [-0.15, -0.1) is 0 Å². The lowest BCUT2D eigenvalue weighted by atomic mass is 9.87. The minimum Gasteiger partial charge on any atom is -0.372 e. The Morgan fingerprint density at radius 2 is 1.83 bits per heavy atom. The van der Waals surface area contributed by atoms with Crippen LogP contribution in [-0.2, 0) is 15.2 Å². The van der Waals surface area contributed by atoms with Crippen molar-refractivity contribution >= 4 is 23.2 Å². The zero-order valence-corrected chi connectivity index (χ0v) is 16.0. The highest BCUT2D eigenvalue weighted by Gasteiger charge is 2.51. The fourth-order valence-corrected chi connectivity index (χ4v) is 3.60. The first-order valence-electron chi connectivity index (χ1n) is 9.26. The third-order valence-corrected chi connectivity index (χ3v) is 5.14. The maximum absolute atomic E-state index is 13.8. The molecule has 7 heteroatoms. The number of hydrogen-bond donors (Lipinski definition) is 2. The highest BCUT2D eigenvalue weighted by atomic mass is 19.1. The van der Waals surface area contributed by atoms with Gasteiger partial charge in [0.1, 0.15) is 18.2 Å². The van der Waals surface area contributed by atoms with E-state index in [0.717, 1.165) is 11.0 Å². The number of hydrogen-bond acceptors (Lipinski definition) is 3. The van der Waals surface area contributed by atoms with Crippen molar-refractivity contribution in [1.82, 2.24) is 0 Å². The summed E-state index contributed by atoms with van der Waals surface area (Å²) in [7, 11) is 0. The van der Waals surface area contributed by atoms with Gasteiger partial charge in [-0.25, -0.2) is 8.78 Å². The molecule has 0 radical (unpaired) electrons. The molecule has 4 rings (SSSR count). The van der Waals surface area contributed by atoms with E-state index in [0.29, 0.717) is 11.3 Å².